The first-order valence-corrected chi connectivity index (χ1v) is 11.0. The summed E-state index contributed by atoms with van der Waals surface area (Å²) < 4.78 is 21.3. The standard InChI is InChI=1S/C25H30N2O7/c1-5-6-10-34-22-8-7-19(15-23(22)31-4)14-20-17(2)21(16-26)25(30)27(24(20)29)9-11-32-12-13-33-18(3)28/h7-8,14-15H,5-6,9-13H2,1-4H3/b20-14+. The van der Waals surface area contributed by atoms with Crippen LogP contribution < -0.4 is 9.47 Å². The van der Waals surface area contributed by atoms with Crippen molar-refractivity contribution in [2.75, 3.05) is 40.1 Å². The minimum absolute atomic E-state index is 0.0406. The molecular weight excluding hydrogens is 440 g/mol. The summed E-state index contributed by atoms with van der Waals surface area (Å²) in [6.07, 6.45) is 3.55. The molecule has 1 aliphatic rings. The predicted molar refractivity (Wildman–Crippen MR) is 124 cm³/mol. The molecule has 2 amide bonds. The number of rotatable bonds is 12. The molecule has 1 heterocycles. The van der Waals surface area contributed by atoms with Crippen LogP contribution in [-0.4, -0.2) is 62.8 Å². The Hall–Kier alpha value is -3.64. The Kier molecular flexibility index (Phi) is 10.3. The molecule has 9 heteroatoms. The lowest BCUT2D eigenvalue weighted by atomic mass is 9.93. The van der Waals surface area contributed by atoms with Crippen LogP contribution in [0.15, 0.2) is 34.9 Å². The molecule has 1 aromatic rings. The number of unbranched alkanes of at least 4 members (excludes halogenated alkanes) is 1. The van der Waals surface area contributed by atoms with Crippen LogP contribution >= 0.6 is 0 Å². The van der Waals surface area contributed by atoms with Crippen molar-refractivity contribution in [2.24, 2.45) is 0 Å². The Morgan fingerprint density at radius 3 is 2.53 bits per heavy atom. The van der Waals surface area contributed by atoms with Gasteiger partial charge in [0.25, 0.3) is 11.8 Å². The summed E-state index contributed by atoms with van der Waals surface area (Å²) in [4.78, 5) is 37.6. The quantitative estimate of drug-likeness (QED) is 0.198. The second-order valence-corrected chi connectivity index (χ2v) is 7.50. The highest BCUT2D eigenvalue weighted by Crippen LogP contribution is 2.31. The maximum absolute atomic E-state index is 13.1. The predicted octanol–water partition coefficient (Wildman–Crippen LogP) is 3.05. The first-order valence-electron chi connectivity index (χ1n) is 11.0. The molecule has 0 atom stereocenters. The summed E-state index contributed by atoms with van der Waals surface area (Å²) in [7, 11) is 1.53. The molecule has 0 bridgehead atoms. The highest BCUT2D eigenvalue weighted by atomic mass is 16.6. The minimum atomic E-state index is -0.664. The lowest BCUT2D eigenvalue weighted by Gasteiger charge is -2.27. The number of ether oxygens (including phenoxy) is 4. The van der Waals surface area contributed by atoms with Crippen LogP contribution in [0, 0.1) is 11.3 Å². The monoisotopic (exact) mass is 470 g/mol. The van der Waals surface area contributed by atoms with Gasteiger partial charge in [-0.1, -0.05) is 19.4 Å². The Labute approximate surface area is 199 Å². The molecule has 0 saturated carbocycles. The van der Waals surface area contributed by atoms with E-state index in [1.807, 2.05) is 6.07 Å². The average molecular weight is 471 g/mol. The van der Waals surface area contributed by atoms with Gasteiger partial charge >= 0.3 is 5.97 Å². The summed E-state index contributed by atoms with van der Waals surface area (Å²) in [5.41, 5.74) is 1.10. The van der Waals surface area contributed by atoms with E-state index in [0.29, 0.717) is 29.2 Å². The zero-order chi connectivity index (χ0) is 25.1. The smallest absolute Gasteiger partial charge is 0.302 e. The maximum Gasteiger partial charge on any atom is 0.302 e. The summed E-state index contributed by atoms with van der Waals surface area (Å²) in [6.45, 7) is 5.72. The minimum Gasteiger partial charge on any atom is -0.493 e. The van der Waals surface area contributed by atoms with E-state index in [4.69, 9.17) is 18.9 Å². The third-order valence-electron chi connectivity index (χ3n) is 5.07. The Bertz CT molecular complexity index is 1020. The molecule has 0 radical (unpaired) electrons. The van der Waals surface area contributed by atoms with E-state index in [0.717, 1.165) is 17.7 Å². The first-order chi connectivity index (χ1) is 16.3. The van der Waals surface area contributed by atoms with E-state index in [9.17, 15) is 19.6 Å². The second-order valence-electron chi connectivity index (χ2n) is 7.50. The van der Waals surface area contributed by atoms with Crippen LogP contribution in [0.4, 0.5) is 0 Å². The molecular formula is C25H30N2O7. The van der Waals surface area contributed by atoms with Crippen LogP contribution in [0.5, 0.6) is 11.5 Å². The number of hydrogen-bond donors (Lipinski definition) is 0. The van der Waals surface area contributed by atoms with Gasteiger partial charge in [-0.2, -0.15) is 5.26 Å². The molecule has 0 spiro atoms. The van der Waals surface area contributed by atoms with Gasteiger partial charge in [0.05, 0.1) is 33.5 Å². The Morgan fingerprint density at radius 2 is 1.88 bits per heavy atom. The highest BCUT2D eigenvalue weighted by molar-refractivity contribution is 6.19. The fraction of sp³-hybridized carbons (Fsp3) is 0.440. The lowest BCUT2D eigenvalue weighted by Crippen LogP contribution is -2.44. The van der Waals surface area contributed by atoms with Gasteiger partial charge in [-0.3, -0.25) is 19.3 Å². The number of amides is 2. The molecule has 2 rings (SSSR count). The van der Waals surface area contributed by atoms with E-state index in [2.05, 4.69) is 6.92 Å². The van der Waals surface area contributed by atoms with Gasteiger partial charge in [-0.15, -0.1) is 0 Å². The number of carbonyl (C=O) groups excluding carboxylic acids is 3. The van der Waals surface area contributed by atoms with Crippen molar-refractivity contribution in [1.29, 1.82) is 5.26 Å². The van der Waals surface area contributed by atoms with Gasteiger partial charge in [0.15, 0.2) is 11.5 Å². The van der Waals surface area contributed by atoms with Gasteiger partial charge in [0, 0.05) is 12.5 Å². The number of methoxy groups -OCH3 is 1. The number of imide groups is 1. The van der Waals surface area contributed by atoms with E-state index in [1.165, 1.54) is 14.0 Å². The van der Waals surface area contributed by atoms with Crippen molar-refractivity contribution < 1.29 is 33.3 Å². The van der Waals surface area contributed by atoms with Crippen molar-refractivity contribution in [2.45, 2.75) is 33.6 Å². The molecule has 0 aliphatic carbocycles. The fourth-order valence-electron chi connectivity index (χ4n) is 3.22. The van der Waals surface area contributed by atoms with Gasteiger partial charge in [0.1, 0.15) is 18.2 Å². The molecule has 0 N–H and O–H groups in total. The molecule has 0 unspecified atom stereocenters. The molecule has 1 aromatic carbocycles. The van der Waals surface area contributed by atoms with Crippen LogP contribution in [0.2, 0.25) is 0 Å². The largest absolute Gasteiger partial charge is 0.493 e. The fourth-order valence-corrected chi connectivity index (χ4v) is 3.22. The van der Waals surface area contributed by atoms with Crippen LogP contribution in [0.1, 0.15) is 39.2 Å². The van der Waals surface area contributed by atoms with Crippen molar-refractivity contribution >= 4 is 23.9 Å². The van der Waals surface area contributed by atoms with Gasteiger partial charge in [0.2, 0.25) is 0 Å². The Balaban J connectivity index is 2.23. The third-order valence-corrected chi connectivity index (χ3v) is 5.07. The molecule has 0 saturated heterocycles. The number of benzene rings is 1. The SMILES string of the molecule is CCCCOc1ccc(/C=C2/C(=O)N(CCOCCOC(C)=O)C(=O)C(C#N)=C2C)cc1OC. The summed E-state index contributed by atoms with van der Waals surface area (Å²) in [5.74, 6) is -0.489. The van der Waals surface area contributed by atoms with E-state index in [1.54, 1.807) is 31.2 Å². The maximum atomic E-state index is 13.1. The number of nitriles is 1. The zero-order valence-corrected chi connectivity index (χ0v) is 20.0. The van der Waals surface area contributed by atoms with E-state index >= 15 is 0 Å². The molecule has 34 heavy (non-hydrogen) atoms. The van der Waals surface area contributed by atoms with Crippen LogP contribution in [0.3, 0.4) is 0 Å². The van der Waals surface area contributed by atoms with Crippen LogP contribution in [-0.2, 0) is 23.9 Å². The highest BCUT2D eigenvalue weighted by Gasteiger charge is 2.35. The summed E-state index contributed by atoms with van der Waals surface area (Å²) in [5, 5.41) is 9.52. The number of carbonyl (C=O) groups is 3. The molecule has 0 aromatic heterocycles. The number of esters is 1. The van der Waals surface area contributed by atoms with Crippen molar-refractivity contribution in [3.63, 3.8) is 0 Å². The first kappa shape index (κ1) is 26.6. The number of nitrogens with zero attached hydrogens (tertiary/aromatic N) is 2. The third kappa shape index (κ3) is 6.93. The van der Waals surface area contributed by atoms with E-state index < -0.39 is 17.8 Å². The van der Waals surface area contributed by atoms with Gasteiger partial charge < -0.3 is 18.9 Å². The van der Waals surface area contributed by atoms with Gasteiger partial charge in [-0.05, 0) is 42.7 Å². The zero-order valence-electron chi connectivity index (χ0n) is 20.0. The summed E-state index contributed by atoms with van der Waals surface area (Å²) >= 11 is 0. The normalized spacial score (nSPS) is 14.9. The van der Waals surface area contributed by atoms with Gasteiger partial charge in [-0.25, -0.2) is 0 Å². The molecule has 182 valence electrons. The molecule has 1 aliphatic heterocycles. The second kappa shape index (κ2) is 13.2. The van der Waals surface area contributed by atoms with Crippen molar-refractivity contribution in [3.8, 4) is 17.6 Å². The number of hydrogen-bond acceptors (Lipinski definition) is 8. The summed E-state index contributed by atoms with van der Waals surface area (Å²) in [6, 6.07) is 7.18. The topological polar surface area (TPSA) is 115 Å². The lowest BCUT2D eigenvalue weighted by molar-refractivity contribution is -0.142. The Morgan fingerprint density at radius 1 is 1.12 bits per heavy atom. The van der Waals surface area contributed by atoms with Crippen LogP contribution in [0.25, 0.3) is 6.08 Å². The van der Waals surface area contributed by atoms with Crippen molar-refractivity contribution in [3.05, 3.63) is 40.5 Å². The average Bonchev–Trinajstić information content (AvgIpc) is 2.81. The molecule has 9 nitrogen and oxygen atoms in total. The van der Waals surface area contributed by atoms with Crippen molar-refractivity contribution in [1.82, 2.24) is 4.90 Å². The van der Waals surface area contributed by atoms with E-state index in [-0.39, 0.29) is 37.5 Å². The molecule has 0 fully saturated rings.